The molecule has 0 spiro atoms. The van der Waals surface area contributed by atoms with E-state index >= 15 is 0 Å². The van der Waals surface area contributed by atoms with Crippen LogP contribution in [0.25, 0.3) is 0 Å². The average molecular weight is 255 g/mol. The normalized spacial score (nSPS) is 9.95. The van der Waals surface area contributed by atoms with E-state index in [-0.39, 0.29) is 0 Å². The minimum atomic E-state index is 0.481. The van der Waals surface area contributed by atoms with Gasteiger partial charge in [0.1, 0.15) is 0 Å². The van der Waals surface area contributed by atoms with Crippen molar-refractivity contribution in [1.82, 2.24) is 15.2 Å². The summed E-state index contributed by atoms with van der Waals surface area (Å²) in [6.07, 6.45) is 4.30. The molecule has 0 aliphatic heterocycles. The molecule has 1 aromatic carbocycles. The van der Waals surface area contributed by atoms with Gasteiger partial charge < -0.3 is 10.6 Å². The predicted molar refractivity (Wildman–Crippen MR) is 77.6 cm³/mol. The lowest BCUT2D eigenvalue weighted by molar-refractivity contribution is 0.974. The zero-order valence-corrected chi connectivity index (χ0v) is 10.9. The Morgan fingerprint density at radius 2 is 2.16 bits per heavy atom. The molecule has 19 heavy (non-hydrogen) atoms. The summed E-state index contributed by atoms with van der Waals surface area (Å²) in [6, 6.07) is 8.08. The van der Waals surface area contributed by atoms with Crippen molar-refractivity contribution in [3.05, 3.63) is 48.7 Å². The minimum Gasteiger partial charge on any atom is -0.365 e. The third-order valence-electron chi connectivity index (χ3n) is 2.63. The van der Waals surface area contributed by atoms with Crippen molar-refractivity contribution < 1.29 is 0 Å². The standard InChI is InChI=1S/C14H17N5/c1-3-9-15-13-10-16-19-14(18-13)17-12-8-6-5-7-11(12)4-2/h3,5-8,10H,1,4,9H2,2H3,(H2,15,17,18,19). The first kappa shape index (κ1) is 13.0. The van der Waals surface area contributed by atoms with Gasteiger partial charge in [-0.05, 0) is 18.1 Å². The second-order valence-corrected chi connectivity index (χ2v) is 3.97. The first-order valence-corrected chi connectivity index (χ1v) is 6.23. The number of aryl methyl sites for hydroxylation is 1. The average Bonchev–Trinajstić information content (AvgIpc) is 2.46. The Balaban J connectivity index is 2.16. The molecule has 0 radical (unpaired) electrons. The van der Waals surface area contributed by atoms with Gasteiger partial charge in [0, 0.05) is 12.2 Å². The quantitative estimate of drug-likeness (QED) is 0.777. The van der Waals surface area contributed by atoms with Gasteiger partial charge in [-0.25, -0.2) is 0 Å². The fourth-order valence-electron chi connectivity index (χ4n) is 1.69. The summed E-state index contributed by atoms with van der Waals surface area (Å²) >= 11 is 0. The number of hydrogen-bond acceptors (Lipinski definition) is 5. The van der Waals surface area contributed by atoms with Crippen molar-refractivity contribution in [1.29, 1.82) is 0 Å². The number of nitrogens with zero attached hydrogens (tertiary/aromatic N) is 3. The molecule has 0 atom stereocenters. The molecule has 0 aliphatic rings. The van der Waals surface area contributed by atoms with E-state index < -0.39 is 0 Å². The molecular weight excluding hydrogens is 238 g/mol. The Morgan fingerprint density at radius 3 is 2.95 bits per heavy atom. The second kappa shape index (κ2) is 6.49. The van der Waals surface area contributed by atoms with Crippen LogP contribution in [-0.4, -0.2) is 21.7 Å². The van der Waals surface area contributed by atoms with E-state index in [1.165, 1.54) is 5.56 Å². The Morgan fingerprint density at radius 1 is 1.32 bits per heavy atom. The molecule has 0 saturated heterocycles. The topological polar surface area (TPSA) is 62.7 Å². The van der Waals surface area contributed by atoms with E-state index in [9.17, 15) is 0 Å². The lowest BCUT2D eigenvalue weighted by Gasteiger charge is -2.09. The molecule has 5 nitrogen and oxygen atoms in total. The van der Waals surface area contributed by atoms with E-state index in [1.807, 2.05) is 18.2 Å². The van der Waals surface area contributed by atoms with Crippen molar-refractivity contribution >= 4 is 17.5 Å². The summed E-state index contributed by atoms with van der Waals surface area (Å²) < 4.78 is 0. The van der Waals surface area contributed by atoms with Crippen LogP contribution in [0.4, 0.5) is 17.5 Å². The third-order valence-corrected chi connectivity index (χ3v) is 2.63. The highest BCUT2D eigenvalue weighted by Crippen LogP contribution is 2.19. The Kier molecular flexibility index (Phi) is 4.44. The van der Waals surface area contributed by atoms with Crippen LogP contribution in [-0.2, 0) is 6.42 Å². The summed E-state index contributed by atoms with van der Waals surface area (Å²) in [6.45, 7) is 6.40. The summed E-state index contributed by atoms with van der Waals surface area (Å²) in [4.78, 5) is 4.34. The maximum Gasteiger partial charge on any atom is 0.249 e. The zero-order valence-electron chi connectivity index (χ0n) is 10.9. The van der Waals surface area contributed by atoms with Crippen LogP contribution in [0.5, 0.6) is 0 Å². The SMILES string of the molecule is C=CCNc1cnnc(Nc2ccccc2CC)n1. The van der Waals surface area contributed by atoms with E-state index in [0.29, 0.717) is 18.3 Å². The summed E-state index contributed by atoms with van der Waals surface area (Å²) in [5.41, 5.74) is 2.23. The molecule has 2 N–H and O–H groups in total. The van der Waals surface area contributed by atoms with E-state index in [2.05, 4.69) is 45.4 Å². The third kappa shape index (κ3) is 3.51. The van der Waals surface area contributed by atoms with Gasteiger partial charge in [-0.1, -0.05) is 31.2 Å². The van der Waals surface area contributed by atoms with Gasteiger partial charge in [0.05, 0.1) is 6.20 Å². The predicted octanol–water partition coefficient (Wildman–Crippen LogP) is 2.78. The molecule has 1 aromatic heterocycles. The van der Waals surface area contributed by atoms with Crippen LogP contribution in [0.2, 0.25) is 0 Å². The monoisotopic (exact) mass is 255 g/mol. The largest absolute Gasteiger partial charge is 0.365 e. The van der Waals surface area contributed by atoms with Crippen molar-refractivity contribution in [3.63, 3.8) is 0 Å². The number of rotatable bonds is 6. The molecule has 0 bridgehead atoms. The van der Waals surface area contributed by atoms with Crippen molar-refractivity contribution in [2.45, 2.75) is 13.3 Å². The van der Waals surface area contributed by atoms with Crippen LogP contribution in [0.1, 0.15) is 12.5 Å². The van der Waals surface area contributed by atoms with Crippen LogP contribution >= 0.6 is 0 Å². The summed E-state index contributed by atoms with van der Waals surface area (Å²) in [7, 11) is 0. The minimum absolute atomic E-state index is 0.481. The van der Waals surface area contributed by atoms with Crippen LogP contribution in [0, 0.1) is 0 Å². The highest BCUT2D eigenvalue weighted by atomic mass is 15.3. The van der Waals surface area contributed by atoms with Crippen LogP contribution in [0.3, 0.4) is 0 Å². The molecule has 0 fully saturated rings. The first-order chi connectivity index (χ1) is 9.33. The maximum atomic E-state index is 4.34. The Hall–Kier alpha value is -2.43. The molecule has 5 heteroatoms. The van der Waals surface area contributed by atoms with E-state index in [1.54, 1.807) is 12.3 Å². The van der Waals surface area contributed by atoms with Gasteiger partial charge in [0.2, 0.25) is 5.95 Å². The molecule has 0 aliphatic carbocycles. The van der Waals surface area contributed by atoms with Gasteiger partial charge in [-0.15, -0.1) is 11.7 Å². The highest BCUT2D eigenvalue weighted by molar-refractivity contribution is 5.58. The summed E-state index contributed by atoms with van der Waals surface area (Å²) in [5, 5.41) is 14.2. The van der Waals surface area contributed by atoms with Crippen LogP contribution in [0.15, 0.2) is 43.1 Å². The Labute approximate surface area is 112 Å². The highest BCUT2D eigenvalue weighted by Gasteiger charge is 2.03. The van der Waals surface area contributed by atoms with Crippen molar-refractivity contribution in [3.8, 4) is 0 Å². The van der Waals surface area contributed by atoms with Gasteiger partial charge >= 0.3 is 0 Å². The molecule has 98 valence electrons. The Bertz CT molecular complexity index is 553. The van der Waals surface area contributed by atoms with E-state index in [0.717, 1.165) is 12.1 Å². The first-order valence-electron chi connectivity index (χ1n) is 6.23. The second-order valence-electron chi connectivity index (χ2n) is 3.97. The number of aromatic nitrogens is 3. The lowest BCUT2D eigenvalue weighted by atomic mass is 10.1. The molecule has 0 amide bonds. The van der Waals surface area contributed by atoms with Crippen LogP contribution < -0.4 is 10.6 Å². The molecular formula is C14H17N5. The molecule has 1 heterocycles. The molecule has 2 aromatic rings. The number of benzene rings is 1. The van der Waals surface area contributed by atoms with E-state index in [4.69, 9.17) is 0 Å². The lowest BCUT2D eigenvalue weighted by Crippen LogP contribution is -2.06. The number of hydrogen-bond donors (Lipinski definition) is 2. The number of anilines is 3. The fourth-order valence-corrected chi connectivity index (χ4v) is 1.69. The molecule has 2 rings (SSSR count). The zero-order chi connectivity index (χ0) is 13.5. The molecule has 0 saturated carbocycles. The van der Waals surface area contributed by atoms with Gasteiger partial charge in [-0.2, -0.15) is 10.1 Å². The molecule has 0 unspecified atom stereocenters. The number of nitrogens with one attached hydrogen (secondary N) is 2. The van der Waals surface area contributed by atoms with Crippen molar-refractivity contribution in [2.24, 2.45) is 0 Å². The fraction of sp³-hybridized carbons (Fsp3) is 0.214. The van der Waals surface area contributed by atoms with Gasteiger partial charge in [-0.3, -0.25) is 0 Å². The number of para-hydroxylation sites is 1. The van der Waals surface area contributed by atoms with Gasteiger partial charge in [0.25, 0.3) is 0 Å². The maximum absolute atomic E-state index is 4.34. The van der Waals surface area contributed by atoms with Gasteiger partial charge in [0.15, 0.2) is 5.82 Å². The smallest absolute Gasteiger partial charge is 0.249 e. The summed E-state index contributed by atoms with van der Waals surface area (Å²) in [5.74, 6) is 1.15. The van der Waals surface area contributed by atoms with Crippen molar-refractivity contribution in [2.75, 3.05) is 17.2 Å².